The third kappa shape index (κ3) is 4.70. The van der Waals surface area contributed by atoms with Crippen molar-refractivity contribution in [2.75, 3.05) is 26.2 Å². The zero-order valence-electron chi connectivity index (χ0n) is 18.3. The molecule has 1 aromatic heterocycles. The highest BCUT2D eigenvalue weighted by Gasteiger charge is 2.37. The van der Waals surface area contributed by atoms with E-state index < -0.39 is 10.0 Å². The van der Waals surface area contributed by atoms with Crippen LogP contribution in [0.5, 0.6) is 0 Å². The summed E-state index contributed by atoms with van der Waals surface area (Å²) in [5.74, 6) is 1.02. The fourth-order valence-corrected chi connectivity index (χ4v) is 6.64. The van der Waals surface area contributed by atoms with Crippen molar-refractivity contribution < 1.29 is 17.7 Å². The fraction of sp³-hybridized carbons (Fsp3) is 0.565. The molecule has 0 N–H and O–H groups in total. The molecule has 1 aromatic carbocycles. The van der Waals surface area contributed by atoms with Gasteiger partial charge in [0, 0.05) is 32.1 Å². The van der Waals surface area contributed by atoms with Crippen molar-refractivity contribution in [3.05, 3.63) is 47.3 Å². The van der Waals surface area contributed by atoms with E-state index in [9.17, 15) is 13.2 Å². The molecule has 2 aliphatic rings. The van der Waals surface area contributed by atoms with E-state index in [1.165, 1.54) is 9.87 Å². The molecule has 2 aromatic rings. The SMILES string of the molecule is Cc1noc(C)c1S(=O)(=O)N1CCC(C(=O)N2CCC(Cc3ccccc3)CC2)CC1. The molecule has 31 heavy (non-hydrogen) atoms. The number of aromatic nitrogens is 1. The lowest BCUT2D eigenvalue weighted by molar-refractivity contribution is -0.138. The molecule has 4 rings (SSSR count). The van der Waals surface area contributed by atoms with Gasteiger partial charge < -0.3 is 9.42 Å². The van der Waals surface area contributed by atoms with Gasteiger partial charge in [-0.15, -0.1) is 0 Å². The van der Waals surface area contributed by atoms with E-state index in [0.717, 1.165) is 32.4 Å². The number of piperidine rings is 2. The Balaban J connectivity index is 1.29. The quantitative estimate of drug-likeness (QED) is 0.706. The molecule has 0 bridgehead atoms. The number of sulfonamides is 1. The first-order chi connectivity index (χ1) is 14.9. The summed E-state index contributed by atoms with van der Waals surface area (Å²) >= 11 is 0. The van der Waals surface area contributed by atoms with Crippen molar-refractivity contribution in [1.82, 2.24) is 14.4 Å². The Hall–Kier alpha value is -2.19. The van der Waals surface area contributed by atoms with Crippen molar-refractivity contribution in [1.29, 1.82) is 0 Å². The predicted octanol–water partition coefficient (Wildman–Crippen LogP) is 3.17. The van der Waals surface area contributed by atoms with Crippen LogP contribution in [0, 0.1) is 25.7 Å². The Morgan fingerprint density at radius 2 is 1.68 bits per heavy atom. The summed E-state index contributed by atoms with van der Waals surface area (Å²) in [5.41, 5.74) is 1.74. The molecule has 8 heteroatoms. The second kappa shape index (κ2) is 9.12. The van der Waals surface area contributed by atoms with Crippen molar-refractivity contribution in [3.8, 4) is 0 Å². The van der Waals surface area contributed by atoms with Crippen LogP contribution < -0.4 is 0 Å². The lowest BCUT2D eigenvalue weighted by Crippen LogP contribution is -2.46. The Kier molecular flexibility index (Phi) is 6.48. The molecule has 0 unspecified atom stereocenters. The Morgan fingerprint density at radius 1 is 1.03 bits per heavy atom. The summed E-state index contributed by atoms with van der Waals surface area (Å²) < 4.78 is 32.5. The molecule has 0 atom stereocenters. The Morgan fingerprint density at radius 3 is 2.26 bits per heavy atom. The lowest BCUT2D eigenvalue weighted by Gasteiger charge is -2.37. The van der Waals surface area contributed by atoms with Crippen LogP contribution in [-0.4, -0.2) is 54.9 Å². The number of aryl methyl sites for hydroxylation is 2. The van der Waals surface area contributed by atoms with Gasteiger partial charge in [0.2, 0.25) is 15.9 Å². The molecule has 2 aliphatic heterocycles. The normalized spacial score (nSPS) is 19.6. The number of hydrogen-bond donors (Lipinski definition) is 0. The lowest BCUT2D eigenvalue weighted by atomic mass is 9.89. The minimum atomic E-state index is -3.64. The van der Waals surface area contributed by atoms with Crippen molar-refractivity contribution in [3.63, 3.8) is 0 Å². The van der Waals surface area contributed by atoms with Gasteiger partial charge in [-0.1, -0.05) is 35.5 Å². The summed E-state index contributed by atoms with van der Waals surface area (Å²) in [5, 5.41) is 3.77. The number of carbonyl (C=O) groups excluding carboxylic acids is 1. The highest BCUT2D eigenvalue weighted by Crippen LogP contribution is 2.30. The van der Waals surface area contributed by atoms with Crippen LogP contribution in [0.4, 0.5) is 0 Å². The highest BCUT2D eigenvalue weighted by atomic mass is 32.2. The topological polar surface area (TPSA) is 83.7 Å². The maximum absolute atomic E-state index is 13.0. The number of carbonyl (C=O) groups is 1. The number of likely N-dealkylation sites (tertiary alicyclic amines) is 1. The monoisotopic (exact) mass is 445 g/mol. The minimum absolute atomic E-state index is 0.0956. The van der Waals surface area contributed by atoms with Gasteiger partial charge in [-0.25, -0.2) is 8.42 Å². The van der Waals surface area contributed by atoms with Crippen LogP contribution in [0.15, 0.2) is 39.8 Å². The first-order valence-corrected chi connectivity index (χ1v) is 12.6. The van der Waals surface area contributed by atoms with Gasteiger partial charge in [0.25, 0.3) is 0 Å². The molecule has 0 saturated carbocycles. The third-order valence-electron chi connectivity index (χ3n) is 6.66. The van der Waals surface area contributed by atoms with E-state index in [1.807, 2.05) is 11.0 Å². The van der Waals surface area contributed by atoms with Crippen molar-refractivity contribution in [2.45, 2.75) is 50.8 Å². The summed E-state index contributed by atoms with van der Waals surface area (Å²) in [7, 11) is -3.64. The summed E-state index contributed by atoms with van der Waals surface area (Å²) in [6.07, 6.45) is 4.25. The average molecular weight is 446 g/mol. The molecule has 0 aliphatic carbocycles. The van der Waals surface area contributed by atoms with Crippen LogP contribution in [0.3, 0.4) is 0 Å². The molecule has 168 valence electrons. The molecule has 1 amide bonds. The van der Waals surface area contributed by atoms with Gasteiger partial charge in [0.15, 0.2) is 5.76 Å². The molecule has 0 spiro atoms. The smallest absolute Gasteiger partial charge is 0.248 e. The number of amides is 1. The maximum Gasteiger partial charge on any atom is 0.248 e. The maximum atomic E-state index is 13.0. The van der Waals surface area contributed by atoms with Gasteiger partial charge in [-0.05, 0) is 57.4 Å². The summed E-state index contributed by atoms with van der Waals surface area (Å²) in [6, 6.07) is 10.5. The third-order valence-corrected chi connectivity index (χ3v) is 8.81. The molecular formula is C23H31N3O4S. The number of benzene rings is 1. The highest BCUT2D eigenvalue weighted by molar-refractivity contribution is 7.89. The summed E-state index contributed by atoms with van der Waals surface area (Å²) in [6.45, 7) is 5.56. The van der Waals surface area contributed by atoms with Crippen LogP contribution in [0.25, 0.3) is 0 Å². The first kappa shape index (κ1) is 22.0. The summed E-state index contributed by atoms with van der Waals surface area (Å²) in [4.78, 5) is 15.2. The first-order valence-electron chi connectivity index (χ1n) is 11.1. The largest absolute Gasteiger partial charge is 0.360 e. The zero-order valence-corrected chi connectivity index (χ0v) is 19.1. The molecule has 2 saturated heterocycles. The van der Waals surface area contributed by atoms with Gasteiger partial charge >= 0.3 is 0 Å². The van der Waals surface area contributed by atoms with Gasteiger partial charge in [0.1, 0.15) is 10.6 Å². The van der Waals surface area contributed by atoms with Crippen molar-refractivity contribution >= 4 is 15.9 Å². The van der Waals surface area contributed by atoms with E-state index in [4.69, 9.17) is 4.52 Å². The number of rotatable bonds is 5. The van der Waals surface area contributed by atoms with Gasteiger partial charge in [-0.2, -0.15) is 4.31 Å². The van der Waals surface area contributed by atoms with E-state index in [-0.39, 0.29) is 16.7 Å². The molecule has 0 radical (unpaired) electrons. The zero-order chi connectivity index (χ0) is 22.0. The van der Waals surface area contributed by atoms with E-state index >= 15 is 0 Å². The van der Waals surface area contributed by atoms with Crippen LogP contribution in [-0.2, 0) is 21.2 Å². The van der Waals surface area contributed by atoms with Crippen molar-refractivity contribution in [2.24, 2.45) is 11.8 Å². The Labute approximate surface area is 184 Å². The average Bonchev–Trinajstić information content (AvgIpc) is 3.13. The van der Waals surface area contributed by atoms with Crippen LogP contribution in [0.2, 0.25) is 0 Å². The van der Waals surface area contributed by atoms with E-state index in [0.29, 0.717) is 43.3 Å². The number of nitrogens with zero attached hydrogens (tertiary/aromatic N) is 3. The second-order valence-electron chi connectivity index (χ2n) is 8.79. The predicted molar refractivity (Wildman–Crippen MR) is 117 cm³/mol. The van der Waals surface area contributed by atoms with E-state index in [1.54, 1.807) is 13.8 Å². The van der Waals surface area contributed by atoms with Crippen LogP contribution in [0.1, 0.15) is 42.7 Å². The van der Waals surface area contributed by atoms with Gasteiger partial charge in [0.05, 0.1) is 0 Å². The van der Waals surface area contributed by atoms with Crippen LogP contribution >= 0.6 is 0 Å². The molecule has 7 nitrogen and oxygen atoms in total. The van der Waals surface area contributed by atoms with Gasteiger partial charge in [-0.3, -0.25) is 4.79 Å². The minimum Gasteiger partial charge on any atom is -0.360 e. The molecule has 2 fully saturated rings. The molecule has 3 heterocycles. The second-order valence-corrected chi connectivity index (χ2v) is 10.7. The number of hydrogen-bond acceptors (Lipinski definition) is 5. The standard InChI is InChI=1S/C23H31N3O4S/c1-17-22(18(2)30-24-17)31(28,29)26-14-10-21(11-15-26)23(27)25-12-8-20(9-13-25)16-19-6-4-3-5-7-19/h3-7,20-21H,8-16H2,1-2H3. The Bertz CT molecular complexity index is 983. The fourth-order valence-electron chi connectivity index (χ4n) is 4.88. The van der Waals surface area contributed by atoms with E-state index in [2.05, 4.69) is 29.4 Å². The molecular weight excluding hydrogens is 414 g/mol.